The molecule has 0 saturated heterocycles. The van der Waals surface area contributed by atoms with E-state index in [-0.39, 0.29) is 24.2 Å². The highest BCUT2D eigenvalue weighted by molar-refractivity contribution is 8.01. The van der Waals surface area contributed by atoms with Crippen LogP contribution in [0.3, 0.4) is 0 Å². The molecular weight excluding hydrogens is 348 g/mol. The Balaban J connectivity index is 1.82. The lowest BCUT2D eigenvalue weighted by Gasteiger charge is -2.06. The van der Waals surface area contributed by atoms with Gasteiger partial charge < -0.3 is 10.1 Å². The highest BCUT2D eigenvalue weighted by atomic mass is 32.2. The van der Waals surface area contributed by atoms with Gasteiger partial charge in [0.05, 0.1) is 5.75 Å². The Kier molecular flexibility index (Phi) is 6.71. The molecule has 0 aliphatic carbocycles. The van der Waals surface area contributed by atoms with Crippen LogP contribution in [-0.4, -0.2) is 41.5 Å². The summed E-state index contributed by atoms with van der Waals surface area (Å²) in [6, 6.07) is 5.78. The summed E-state index contributed by atoms with van der Waals surface area (Å²) in [4.78, 5) is 23.4. The highest BCUT2D eigenvalue weighted by Gasteiger charge is 2.10. The SMILES string of the molecule is COCC(=O)Nc1nnc(SCC(=O)Nc2ccc(C)c(C)c2)s1. The smallest absolute Gasteiger partial charge is 0.252 e. The maximum atomic E-state index is 12.0. The molecule has 2 rings (SSSR count). The van der Waals surface area contributed by atoms with Crippen molar-refractivity contribution in [3.63, 3.8) is 0 Å². The van der Waals surface area contributed by atoms with Gasteiger partial charge in [0.15, 0.2) is 4.34 Å². The van der Waals surface area contributed by atoms with E-state index in [1.165, 1.54) is 35.8 Å². The fraction of sp³-hybridized carbons (Fsp3) is 0.333. The number of ether oxygens (including phenoxy) is 1. The van der Waals surface area contributed by atoms with E-state index in [0.717, 1.165) is 11.3 Å². The molecule has 0 spiro atoms. The number of thioether (sulfide) groups is 1. The van der Waals surface area contributed by atoms with Crippen LogP contribution < -0.4 is 10.6 Å². The molecule has 1 aromatic carbocycles. The van der Waals surface area contributed by atoms with E-state index in [0.29, 0.717) is 9.47 Å². The minimum atomic E-state index is -0.294. The molecule has 1 heterocycles. The number of benzene rings is 1. The third-order valence-electron chi connectivity index (χ3n) is 3.05. The van der Waals surface area contributed by atoms with E-state index in [9.17, 15) is 9.59 Å². The second-order valence-corrected chi connectivity index (χ2v) is 7.19. The maximum Gasteiger partial charge on any atom is 0.252 e. The predicted octanol–water partition coefficient (Wildman–Crippen LogP) is 2.47. The Hall–Kier alpha value is -1.97. The lowest BCUT2D eigenvalue weighted by atomic mass is 10.1. The zero-order valence-electron chi connectivity index (χ0n) is 13.6. The molecule has 9 heteroatoms. The molecule has 0 saturated carbocycles. The van der Waals surface area contributed by atoms with Crippen molar-refractivity contribution < 1.29 is 14.3 Å². The van der Waals surface area contributed by atoms with Gasteiger partial charge in [-0.25, -0.2) is 0 Å². The molecule has 24 heavy (non-hydrogen) atoms. The average molecular weight is 366 g/mol. The fourth-order valence-electron chi connectivity index (χ4n) is 1.75. The van der Waals surface area contributed by atoms with Gasteiger partial charge in [-0.2, -0.15) is 0 Å². The summed E-state index contributed by atoms with van der Waals surface area (Å²) in [5.74, 6) is -0.200. The first-order chi connectivity index (χ1) is 11.5. The molecule has 2 amide bonds. The normalized spacial score (nSPS) is 10.5. The van der Waals surface area contributed by atoms with Crippen molar-refractivity contribution in [2.45, 2.75) is 18.2 Å². The number of amides is 2. The summed E-state index contributed by atoms with van der Waals surface area (Å²) in [6.45, 7) is 3.98. The van der Waals surface area contributed by atoms with Gasteiger partial charge in [-0.05, 0) is 37.1 Å². The van der Waals surface area contributed by atoms with Gasteiger partial charge in [-0.1, -0.05) is 29.2 Å². The largest absolute Gasteiger partial charge is 0.375 e. The van der Waals surface area contributed by atoms with Gasteiger partial charge in [-0.3, -0.25) is 14.9 Å². The first-order valence-corrected chi connectivity index (χ1v) is 8.90. The first-order valence-electron chi connectivity index (χ1n) is 7.10. The molecule has 1 aromatic heterocycles. The van der Waals surface area contributed by atoms with Crippen LogP contribution in [0, 0.1) is 13.8 Å². The number of hydrogen-bond donors (Lipinski definition) is 2. The van der Waals surface area contributed by atoms with Crippen LogP contribution in [-0.2, 0) is 14.3 Å². The van der Waals surface area contributed by atoms with Crippen LogP contribution in [0.15, 0.2) is 22.5 Å². The summed E-state index contributed by atoms with van der Waals surface area (Å²) in [5.41, 5.74) is 3.08. The van der Waals surface area contributed by atoms with Gasteiger partial charge in [0.1, 0.15) is 6.61 Å². The van der Waals surface area contributed by atoms with Crippen molar-refractivity contribution in [1.82, 2.24) is 10.2 Å². The van der Waals surface area contributed by atoms with Crippen LogP contribution in [0.1, 0.15) is 11.1 Å². The zero-order valence-corrected chi connectivity index (χ0v) is 15.2. The second-order valence-electron chi connectivity index (χ2n) is 4.99. The highest BCUT2D eigenvalue weighted by Crippen LogP contribution is 2.25. The summed E-state index contributed by atoms with van der Waals surface area (Å²) < 4.78 is 5.33. The molecule has 0 aliphatic heterocycles. The number of rotatable bonds is 7. The van der Waals surface area contributed by atoms with E-state index in [1.54, 1.807) is 0 Å². The third kappa shape index (κ3) is 5.59. The number of nitrogens with one attached hydrogen (secondary N) is 2. The van der Waals surface area contributed by atoms with Crippen LogP contribution in [0.2, 0.25) is 0 Å². The van der Waals surface area contributed by atoms with Crippen molar-refractivity contribution in [2.75, 3.05) is 30.1 Å². The minimum Gasteiger partial charge on any atom is -0.375 e. The molecule has 128 valence electrons. The van der Waals surface area contributed by atoms with Crippen molar-refractivity contribution in [2.24, 2.45) is 0 Å². The van der Waals surface area contributed by atoms with Crippen LogP contribution >= 0.6 is 23.1 Å². The van der Waals surface area contributed by atoms with E-state index in [4.69, 9.17) is 4.74 Å². The number of nitrogens with zero attached hydrogens (tertiary/aromatic N) is 2. The molecule has 0 aliphatic rings. The Morgan fingerprint density at radius 1 is 1.17 bits per heavy atom. The second kappa shape index (κ2) is 8.76. The summed E-state index contributed by atoms with van der Waals surface area (Å²) in [5, 5.41) is 13.6. The quantitative estimate of drug-likeness (QED) is 0.578. The lowest BCUT2D eigenvalue weighted by Crippen LogP contribution is -2.16. The van der Waals surface area contributed by atoms with Gasteiger partial charge >= 0.3 is 0 Å². The number of hydrogen-bond acceptors (Lipinski definition) is 7. The molecule has 0 unspecified atom stereocenters. The molecule has 0 bridgehead atoms. The lowest BCUT2D eigenvalue weighted by molar-refractivity contribution is -0.119. The van der Waals surface area contributed by atoms with Gasteiger partial charge in [0.2, 0.25) is 11.0 Å². The summed E-state index contributed by atoms with van der Waals surface area (Å²) in [6.07, 6.45) is 0. The summed E-state index contributed by atoms with van der Waals surface area (Å²) in [7, 11) is 1.44. The Morgan fingerprint density at radius 3 is 2.67 bits per heavy atom. The van der Waals surface area contributed by atoms with Crippen molar-refractivity contribution >= 4 is 45.7 Å². The van der Waals surface area contributed by atoms with E-state index >= 15 is 0 Å². The minimum absolute atomic E-state index is 0.0412. The Morgan fingerprint density at radius 2 is 1.96 bits per heavy atom. The van der Waals surface area contributed by atoms with E-state index in [2.05, 4.69) is 20.8 Å². The number of aromatic nitrogens is 2. The molecule has 7 nitrogen and oxygen atoms in total. The Bertz CT molecular complexity index is 733. The van der Waals surface area contributed by atoms with Gasteiger partial charge in [0, 0.05) is 12.8 Å². The van der Waals surface area contributed by atoms with Crippen molar-refractivity contribution in [1.29, 1.82) is 0 Å². The van der Waals surface area contributed by atoms with Gasteiger partial charge in [-0.15, -0.1) is 10.2 Å². The third-order valence-corrected chi connectivity index (χ3v) is 5.02. The molecule has 0 fully saturated rings. The van der Waals surface area contributed by atoms with E-state index in [1.807, 2.05) is 32.0 Å². The number of anilines is 2. The van der Waals surface area contributed by atoms with Crippen molar-refractivity contribution in [3.8, 4) is 0 Å². The molecule has 2 aromatic rings. The topological polar surface area (TPSA) is 93.2 Å². The fourth-order valence-corrected chi connectivity index (χ4v) is 3.32. The van der Waals surface area contributed by atoms with E-state index < -0.39 is 0 Å². The predicted molar refractivity (Wildman–Crippen MR) is 95.7 cm³/mol. The molecule has 2 N–H and O–H groups in total. The number of carbonyl (C=O) groups is 2. The summed E-state index contributed by atoms with van der Waals surface area (Å²) >= 11 is 2.48. The van der Waals surface area contributed by atoms with Crippen molar-refractivity contribution in [3.05, 3.63) is 29.3 Å². The molecule has 0 atom stereocenters. The van der Waals surface area contributed by atoms with Crippen LogP contribution in [0.4, 0.5) is 10.8 Å². The number of aryl methyl sites for hydroxylation is 2. The Labute approximate surface area is 148 Å². The van der Waals surface area contributed by atoms with Crippen LogP contribution in [0.25, 0.3) is 0 Å². The monoisotopic (exact) mass is 366 g/mol. The first kappa shape index (κ1) is 18.4. The average Bonchev–Trinajstić information content (AvgIpc) is 2.96. The number of carbonyl (C=O) groups excluding carboxylic acids is 2. The van der Waals surface area contributed by atoms with Gasteiger partial charge in [0.25, 0.3) is 5.91 Å². The zero-order chi connectivity index (χ0) is 17.5. The standard InChI is InChI=1S/C15H18N4O3S2/c1-9-4-5-11(6-10(9)2)16-13(21)8-23-15-19-18-14(24-15)17-12(20)7-22-3/h4-6H,7-8H2,1-3H3,(H,16,21)(H,17,18,20). The maximum absolute atomic E-state index is 12.0. The number of methoxy groups -OCH3 is 1. The van der Waals surface area contributed by atoms with Crippen LogP contribution in [0.5, 0.6) is 0 Å². The molecule has 0 radical (unpaired) electrons. The molecular formula is C15H18N4O3S2.